The molecule has 0 aromatic heterocycles. The number of benzene rings is 2. The molecule has 0 aliphatic rings. The molecule has 0 unspecified atom stereocenters. The lowest BCUT2D eigenvalue weighted by molar-refractivity contribution is -0.122. The normalized spacial score (nSPS) is 11.2. The lowest BCUT2D eigenvalue weighted by Gasteiger charge is -2.24. The summed E-state index contributed by atoms with van der Waals surface area (Å²) in [4.78, 5) is 12.1. The van der Waals surface area contributed by atoms with Crippen molar-refractivity contribution < 1.29 is 4.79 Å². The van der Waals surface area contributed by atoms with E-state index in [9.17, 15) is 4.79 Å². The zero-order valence-corrected chi connectivity index (χ0v) is 10.6. The summed E-state index contributed by atoms with van der Waals surface area (Å²) in [7, 11) is 0. The molecule has 0 saturated heterocycles. The number of hydrogen-bond acceptors (Lipinski definition) is 2. The van der Waals surface area contributed by atoms with Gasteiger partial charge in [0, 0.05) is 5.41 Å². The number of Topliss-reactive ketones (excluding diaryl/α,β-unsaturated/α-hetero) is 1. The second kappa shape index (κ2) is 4.62. The Morgan fingerprint density at radius 1 is 1.17 bits per heavy atom. The van der Waals surface area contributed by atoms with E-state index in [1.165, 1.54) is 0 Å². The van der Waals surface area contributed by atoms with Crippen molar-refractivity contribution in [2.45, 2.75) is 25.7 Å². The fraction of sp³-hybridized carbons (Fsp3) is 0.250. The van der Waals surface area contributed by atoms with E-state index in [0.717, 1.165) is 16.3 Å². The molecule has 90 valence electrons. The predicted molar refractivity (Wildman–Crippen MR) is 72.2 cm³/mol. The Bertz CT molecular complexity index is 630. The van der Waals surface area contributed by atoms with E-state index in [4.69, 9.17) is 5.26 Å². The Morgan fingerprint density at radius 3 is 2.56 bits per heavy atom. The maximum absolute atomic E-state index is 12.1. The number of rotatable bonds is 3. The molecule has 2 aromatic carbocycles. The summed E-state index contributed by atoms with van der Waals surface area (Å²) in [6.07, 6.45) is -0.0454. The van der Waals surface area contributed by atoms with Crippen molar-refractivity contribution in [2.24, 2.45) is 0 Å². The largest absolute Gasteiger partial charge is 0.298 e. The van der Waals surface area contributed by atoms with Crippen LogP contribution in [0.15, 0.2) is 42.5 Å². The lowest BCUT2D eigenvalue weighted by atomic mass is 9.77. The number of fused-ring (bicyclic) bond motifs is 1. The van der Waals surface area contributed by atoms with Crippen molar-refractivity contribution in [3.63, 3.8) is 0 Å². The van der Waals surface area contributed by atoms with E-state index < -0.39 is 5.41 Å². The molecule has 0 spiro atoms. The number of carbonyl (C=O) groups excluding carboxylic acids is 1. The Hall–Kier alpha value is -2.14. The third kappa shape index (κ3) is 2.00. The van der Waals surface area contributed by atoms with Crippen molar-refractivity contribution in [2.75, 3.05) is 0 Å². The van der Waals surface area contributed by atoms with Crippen LogP contribution in [0.2, 0.25) is 0 Å². The second-order valence-corrected chi connectivity index (χ2v) is 4.91. The van der Waals surface area contributed by atoms with Gasteiger partial charge in [-0.1, -0.05) is 42.5 Å². The van der Waals surface area contributed by atoms with Gasteiger partial charge in [-0.15, -0.1) is 0 Å². The molecule has 0 aliphatic carbocycles. The molecule has 18 heavy (non-hydrogen) atoms. The first-order valence-electron chi connectivity index (χ1n) is 5.96. The highest BCUT2D eigenvalue weighted by atomic mass is 16.1. The zero-order chi connectivity index (χ0) is 13.2. The third-order valence-electron chi connectivity index (χ3n) is 3.40. The van der Waals surface area contributed by atoms with Crippen molar-refractivity contribution in [3.8, 4) is 6.07 Å². The molecule has 0 heterocycles. The molecule has 0 atom stereocenters. The monoisotopic (exact) mass is 237 g/mol. The number of hydrogen-bond donors (Lipinski definition) is 0. The van der Waals surface area contributed by atoms with Gasteiger partial charge >= 0.3 is 0 Å². The van der Waals surface area contributed by atoms with Crippen LogP contribution in [0.3, 0.4) is 0 Å². The molecule has 0 aliphatic heterocycles. The third-order valence-corrected chi connectivity index (χ3v) is 3.40. The fourth-order valence-electron chi connectivity index (χ4n) is 2.21. The maximum atomic E-state index is 12.1. The fourth-order valence-corrected chi connectivity index (χ4v) is 2.21. The summed E-state index contributed by atoms with van der Waals surface area (Å²) >= 11 is 0. The van der Waals surface area contributed by atoms with Crippen molar-refractivity contribution in [3.05, 3.63) is 48.0 Å². The minimum Gasteiger partial charge on any atom is -0.298 e. The standard InChI is InChI=1S/C16H15NO/c1-16(2,15(18)10-11-17)14-9-5-7-12-6-3-4-8-13(12)14/h3-9H,10H2,1-2H3. The summed E-state index contributed by atoms with van der Waals surface area (Å²) in [6.45, 7) is 3.77. The molecule has 0 amide bonds. The lowest BCUT2D eigenvalue weighted by Crippen LogP contribution is -2.28. The van der Waals surface area contributed by atoms with Gasteiger partial charge in [0.2, 0.25) is 0 Å². The molecular formula is C16H15NO. The van der Waals surface area contributed by atoms with E-state index in [0.29, 0.717) is 0 Å². The Balaban J connectivity index is 2.61. The van der Waals surface area contributed by atoms with E-state index in [1.54, 1.807) is 0 Å². The Labute approximate surface area is 107 Å². The van der Waals surface area contributed by atoms with Gasteiger partial charge in [-0.05, 0) is 30.2 Å². The molecule has 2 aromatic rings. The number of nitrogens with zero attached hydrogens (tertiary/aromatic N) is 1. The smallest absolute Gasteiger partial charge is 0.156 e. The average Bonchev–Trinajstić information content (AvgIpc) is 2.38. The molecule has 0 N–H and O–H groups in total. The van der Waals surface area contributed by atoms with Gasteiger partial charge in [0.15, 0.2) is 5.78 Å². The van der Waals surface area contributed by atoms with Crippen LogP contribution in [-0.2, 0) is 10.2 Å². The molecule has 2 heteroatoms. The van der Waals surface area contributed by atoms with Crippen molar-refractivity contribution in [1.29, 1.82) is 5.26 Å². The number of nitriles is 1. The zero-order valence-electron chi connectivity index (χ0n) is 10.6. The second-order valence-electron chi connectivity index (χ2n) is 4.91. The van der Waals surface area contributed by atoms with Crippen LogP contribution >= 0.6 is 0 Å². The number of carbonyl (C=O) groups is 1. The summed E-state index contributed by atoms with van der Waals surface area (Å²) in [5.41, 5.74) is 0.359. The molecule has 2 rings (SSSR count). The molecule has 0 bridgehead atoms. The van der Waals surface area contributed by atoms with E-state index in [2.05, 4.69) is 0 Å². The van der Waals surface area contributed by atoms with Crippen molar-refractivity contribution in [1.82, 2.24) is 0 Å². The average molecular weight is 237 g/mol. The summed E-state index contributed by atoms with van der Waals surface area (Å²) < 4.78 is 0. The molecule has 0 saturated carbocycles. The van der Waals surface area contributed by atoms with Gasteiger partial charge < -0.3 is 0 Å². The topological polar surface area (TPSA) is 40.9 Å². The maximum Gasteiger partial charge on any atom is 0.156 e. The van der Waals surface area contributed by atoms with Gasteiger partial charge in [-0.3, -0.25) is 4.79 Å². The van der Waals surface area contributed by atoms with Crippen LogP contribution in [0.5, 0.6) is 0 Å². The van der Waals surface area contributed by atoms with Crippen LogP contribution in [-0.4, -0.2) is 5.78 Å². The SMILES string of the molecule is CC(C)(C(=O)CC#N)c1cccc2ccccc12. The van der Waals surface area contributed by atoms with Crippen LogP contribution < -0.4 is 0 Å². The Morgan fingerprint density at radius 2 is 1.83 bits per heavy atom. The van der Waals surface area contributed by atoms with Gasteiger partial charge in [0.05, 0.1) is 12.5 Å². The van der Waals surface area contributed by atoms with Crippen LogP contribution in [0.4, 0.5) is 0 Å². The van der Waals surface area contributed by atoms with E-state index in [1.807, 2.05) is 62.4 Å². The highest BCUT2D eigenvalue weighted by Crippen LogP contribution is 2.31. The minimum absolute atomic E-state index is 0.0404. The summed E-state index contributed by atoms with van der Waals surface area (Å²) in [5.74, 6) is -0.0404. The summed E-state index contributed by atoms with van der Waals surface area (Å²) in [5, 5.41) is 10.9. The highest BCUT2D eigenvalue weighted by Gasteiger charge is 2.30. The minimum atomic E-state index is -0.628. The van der Waals surface area contributed by atoms with Gasteiger partial charge in [0.1, 0.15) is 0 Å². The molecule has 0 radical (unpaired) electrons. The quantitative estimate of drug-likeness (QED) is 0.818. The first kappa shape index (κ1) is 12.3. The van der Waals surface area contributed by atoms with Crippen LogP contribution in [0.1, 0.15) is 25.8 Å². The van der Waals surface area contributed by atoms with Crippen LogP contribution in [0.25, 0.3) is 10.8 Å². The molecule has 0 fully saturated rings. The van der Waals surface area contributed by atoms with E-state index >= 15 is 0 Å². The first-order valence-corrected chi connectivity index (χ1v) is 5.96. The van der Waals surface area contributed by atoms with Crippen molar-refractivity contribution >= 4 is 16.6 Å². The van der Waals surface area contributed by atoms with Crippen LogP contribution in [0, 0.1) is 11.3 Å². The van der Waals surface area contributed by atoms with Gasteiger partial charge in [-0.2, -0.15) is 5.26 Å². The predicted octanol–water partition coefficient (Wildman–Crippen LogP) is 3.60. The molecular weight excluding hydrogens is 222 g/mol. The van der Waals surface area contributed by atoms with Gasteiger partial charge in [-0.25, -0.2) is 0 Å². The highest BCUT2D eigenvalue weighted by molar-refractivity contribution is 5.97. The summed E-state index contributed by atoms with van der Waals surface area (Å²) in [6, 6.07) is 15.9. The van der Waals surface area contributed by atoms with Gasteiger partial charge in [0.25, 0.3) is 0 Å². The number of ketones is 1. The van der Waals surface area contributed by atoms with E-state index in [-0.39, 0.29) is 12.2 Å². The molecule has 2 nitrogen and oxygen atoms in total. The first-order chi connectivity index (χ1) is 8.57. The Kier molecular flexibility index (Phi) is 3.16.